The summed E-state index contributed by atoms with van der Waals surface area (Å²) in [5.74, 6) is 0.0338. The number of rotatable bonds is 6. The molecule has 2 amide bonds. The van der Waals surface area contributed by atoms with Crippen LogP contribution in [0.4, 0.5) is 10.5 Å². The zero-order valence-corrected chi connectivity index (χ0v) is 13.1. The number of nitrogens with zero attached hydrogens (tertiary/aromatic N) is 1. The maximum Gasteiger partial charge on any atom is 0.414 e. The third-order valence-corrected chi connectivity index (χ3v) is 4.19. The molecule has 0 bridgehead atoms. The van der Waals surface area contributed by atoms with Gasteiger partial charge < -0.3 is 14.8 Å². The fraction of sp³-hybridized carbons (Fsp3) is 0.529. The van der Waals surface area contributed by atoms with Crippen LogP contribution in [-0.2, 0) is 20.8 Å². The highest BCUT2D eigenvalue weighted by atomic mass is 16.6. The second-order valence-electron chi connectivity index (χ2n) is 5.89. The lowest BCUT2D eigenvalue weighted by atomic mass is 10.1. The van der Waals surface area contributed by atoms with Gasteiger partial charge >= 0.3 is 6.09 Å². The van der Waals surface area contributed by atoms with Crippen LogP contribution in [0.15, 0.2) is 24.3 Å². The quantitative estimate of drug-likeness (QED) is 0.873. The molecule has 2 aliphatic rings. The van der Waals surface area contributed by atoms with Crippen molar-refractivity contribution < 1.29 is 19.1 Å². The standard InChI is InChI=1S/C17H22N2O4/c20-16(7-6-15-5-2-9-22-15)18-12-13-3-1-4-14(11-13)19-8-10-23-17(19)21/h1,3-4,11,15H,2,5-10,12H2,(H,18,20)/t15-/m1/s1. The van der Waals surface area contributed by atoms with Crippen LogP contribution < -0.4 is 10.2 Å². The fourth-order valence-electron chi connectivity index (χ4n) is 2.92. The van der Waals surface area contributed by atoms with E-state index in [2.05, 4.69) is 5.32 Å². The highest BCUT2D eigenvalue weighted by molar-refractivity contribution is 5.89. The zero-order valence-electron chi connectivity index (χ0n) is 13.1. The van der Waals surface area contributed by atoms with Crippen molar-refractivity contribution in [2.45, 2.75) is 38.3 Å². The van der Waals surface area contributed by atoms with Gasteiger partial charge in [0, 0.05) is 25.3 Å². The van der Waals surface area contributed by atoms with Gasteiger partial charge in [-0.1, -0.05) is 12.1 Å². The Labute approximate surface area is 135 Å². The minimum atomic E-state index is -0.317. The van der Waals surface area contributed by atoms with Crippen molar-refractivity contribution in [3.8, 4) is 0 Å². The largest absolute Gasteiger partial charge is 0.447 e. The molecule has 1 N–H and O–H groups in total. The average Bonchev–Trinajstić information content (AvgIpc) is 3.22. The molecule has 23 heavy (non-hydrogen) atoms. The van der Waals surface area contributed by atoms with Gasteiger partial charge in [-0.3, -0.25) is 9.69 Å². The second kappa shape index (κ2) is 7.46. The molecule has 0 aromatic heterocycles. The number of amides is 2. The summed E-state index contributed by atoms with van der Waals surface area (Å²) in [5, 5.41) is 2.92. The molecular weight excluding hydrogens is 296 g/mol. The normalized spacial score (nSPS) is 20.6. The number of anilines is 1. The lowest BCUT2D eigenvalue weighted by molar-refractivity contribution is -0.121. The number of benzene rings is 1. The highest BCUT2D eigenvalue weighted by Crippen LogP contribution is 2.20. The van der Waals surface area contributed by atoms with E-state index in [9.17, 15) is 9.59 Å². The molecule has 0 aliphatic carbocycles. The monoisotopic (exact) mass is 318 g/mol. The van der Waals surface area contributed by atoms with Gasteiger partial charge in [-0.05, 0) is 37.0 Å². The molecule has 2 aliphatic heterocycles. The van der Waals surface area contributed by atoms with Crippen LogP contribution in [0.25, 0.3) is 0 Å². The summed E-state index contributed by atoms with van der Waals surface area (Å²) < 4.78 is 10.5. The fourth-order valence-corrected chi connectivity index (χ4v) is 2.92. The van der Waals surface area contributed by atoms with Gasteiger partial charge in [0.05, 0.1) is 12.6 Å². The van der Waals surface area contributed by atoms with Crippen molar-refractivity contribution in [1.29, 1.82) is 0 Å². The predicted molar refractivity (Wildman–Crippen MR) is 85.2 cm³/mol. The van der Waals surface area contributed by atoms with E-state index in [1.807, 2.05) is 24.3 Å². The predicted octanol–water partition coefficient (Wildman–Crippen LogP) is 2.22. The Bertz CT molecular complexity index is 569. The highest BCUT2D eigenvalue weighted by Gasteiger charge is 2.23. The molecular formula is C17H22N2O4. The van der Waals surface area contributed by atoms with Crippen LogP contribution in [0.3, 0.4) is 0 Å². The molecule has 1 aromatic carbocycles. The number of hydrogen-bond donors (Lipinski definition) is 1. The molecule has 6 nitrogen and oxygen atoms in total. The van der Waals surface area contributed by atoms with Crippen molar-refractivity contribution in [2.24, 2.45) is 0 Å². The first-order chi connectivity index (χ1) is 11.2. The summed E-state index contributed by atoms with van der Waals surface area (Å²) in [6.45, 7) is 2.26. The summed E-state index contributed by atoms with van der Waals surface area (Å²) >= 11 is 0. The molecule has 0 spiro atoms. The van der Waals surface area contributed by atoms with E-state index < -0.39 is 0 Å². The number of cyclic esters (lactones) is 1. The lowest BCUT2D eigenvalue weighted by Gasteiger charge is -2.14. The molecule has 2 fully saturated rings. The van der Waals surface area contributed by atoms with Gasteiger partial charge in [0.15, 0.2) is 0 Å². The van der Waals surface area contributed by atoms with Gasteiger partial charge in [0.2, 0.25) is 5.91 Å². The molecule has 3 rings (SSSR count). The molecule has 2 heterocycles. The van der Waals surface area contributed by atoms with Crippen LogP contribution in [-0.4, -0.2) is 37.9 Å². The van der Waals surface area contributed by atoms with Crippen molar-refractivity contribution in [2.75, 3.05) is 24.7 Å². The number of carbonyl (C=O) groups is 2. The molecule has 6 heteroatoms. The van der Waals surface area contributed by atoms with E-state index in [-0.39, 0.29) is 18.1 Å². The zero-order chi connectivity index (χ0) is 16.1. The Morgan fingerprint density at radius 2 is 2.26 bits per heavy atom. The lowest BCUT2D eigenvalue weighted by Crippen LogP contribution is -2.25. The topological polar surface area (TPSA) is 67.9 Å². The van der Waals surface area contributed by atoms with Crippen molar-refractivity contribution in [3.05, 3.63) is 29.8 Å². The van der Waals surface area contributed by atoms with E-state index >= 15 is 0 Å². The Hall–Kier alpha value is -2.08. The van der Waals surface area contributed by atoms with Gasteiger partial charge in [0.1, 0.15) is 6.61 Å². The first kappa shape index (κ1) is 15.8. The number of carbonyl (C=O) groups excluding carboxylic acids is 2. The molecule has 0 saturated carbocycles. The van der Waals surface area contributed by atoms with Crippen molar-refractivity contribution >= 4 is 17.7 Å². The minimum absolute atomic E-state index is 0.0338. The molecule has 0 radical (unpaired) electrons. The Balaban J connectivity index is 1.47. The van der Waals surface area contributed by atoms with E-state index in [4.69, 9.17) is 9.47 Å². The molecule has 2 saturated heterocycles. The number of ether oxygens (including phenoxy) is 2. The van der Waals surface area contributed by atoms with Gasteiger partial charge in [-0.2, -0.15) is 0 Å². The van der Waals surface area contributed by atoms with Crippen LogP contribution in [0.5, 0.6) is 0 Å². The van der Waals surface area contributed by atoms with Crippen LogP contribution >= 0.6 is 0 Å². The van der Waals surface area contributed by atoms with E-state index in [0.29, 0.717) is 26.1 Å². The maximum absolute atomic E-state index is 11.9. The Morgan fingerprint density at radius 1 is 1.35 bits per heavy atom. The number of nitrogens with one attached hydrogen (secondary N) is 1. The SMILES string of the molecule is O=C(CC[C@H]1CCCO1)NCc1cccc(N2CCOC2=O)c1. The Kier molecular flexibility index (Phi) is 5.12. The van der Waals surface area contributed by atoms with Crippen molar-refractivity contribution in [1.82, 2.24) is 5.32 Å². The number of hydrogen-bond acceptors (Lipinski definition) is 4. The summed E-state index contributed by atoms with van der Waals surface area (Å²) in [5.41, 5.74) is 1.77. The smallest absolute Gasteiger partial charge is 0.414 e. The van der Waals surface area contributed by atoms with Crippen molar-refractivity contribution in [3.63, 3.8) is 0 Å². The van der Waals surface area contributed by atoms with Crippen LogP contribution in [0.1, 0.15) is 31.2 Å². The first-order valence-electron chi connectivity index (χ1n) is 8.14. The summed E-state index contributed by atoms with van der Waals surface area (Å²) in [4.78, 5) is 25.1. The third kappa shape index (κ3) is 4.22. The molecule has 0 unspecified atom stereocenters. The van der Waals surface area contributed by atoms with Crippen LogP contribution in [0, 0.1) is 0 Å². The first-order valence-corrected chi connectivity index (χ1v) is 8.14. The third-order valence-electron chi connectivity index (χ3n) is 4.19. The van der Waals surface area contributed by atoms with Gasteiger partial charge in [-0.15, -0.1) is 0 Å². The van der Waals surface area contributed by atoms with Gasteiger partial charge in [0.25, 0.3) is 0 Å². The van der Waals surface area contributed by atoms with Gasteiger partial charge in [-0.25, -0.2) is 4.79 Å². The van der Waals surface area contributed by atoms with E-state index in [1.165, 1.54) is 0 Å². The van der Waals surface area contributed by atoms with Crippen LogP contribution in [0.2, 0.25) is 0 Å². The Morgan fingerprint density at radius 3 is 3.00 bits per heavy atom. The summed E-state index contributed by atoms with van der Waals surface area (Å²) in [6.07, 6.45) is 3.35. The van der Waals surface area contributed by atoms with E-state index in [0.717, 1.165) is 37.1 Å². The second-order valence-corrected chi connectivity index (χ2v) is 5.89. The molecule has 124 valence electrons. The average molecular weight is 318 g/mol. The maximum atomic E-state index is 11.9. The van der Waals surface area contributed by atoms with E-state index in [1.54, 1.807) is 4.90 Å². The molecule has 1 aromatic rings. The summed E-state index contributed by atoms with van der Waals surface area (Å²) in [6, 6.07) is 7.60. The molecule has 1 atom stereocenters. The minimum Gasteiger partial charge on any atom is -0.447 e. The summed E-state index contributed by atoms with van der Waals surface area (Å²) in [7, 11) is 0.